The maximum atomic E-state index is 10.9. The molecule has 6 heteroatoms. The standard InChI is InChI=1S/C27H27N3O3/c1-27(2,17-11-14-28-15-12-17)13-10-19-23(32-3)9-8-20-25(31)24(33-26(19)20)16-22-18-6-4-5-7-21(18)29-30-22/h4-9,16-17,28,31H,11-12,14-15H2,1-3H3. The molecule has 0 radical (unpaired) electrons. The van der Waals surface area contributed by atoms with E-state index in [1.807, 2.05) is 30.3 Å². The number of hydrogen-bond donors (Lipinski definition) is 2. The lowest BCUT2D eigenvalue weighted by Gasteiger charge is -2.33. The van der Waals surface area contributed by atoms with Crippen LogP contribution in [0.4, 0.5) is 5.69 Å². The lowest BCUT2D eigenvalue weighted by molar-refractivity contribution is 0.230. The molecule has 3 aromatic rings. The molecule has 0 amide bonds. The van der Waals surface area contributed by atoms with Crippen LogP contribution in [-0.2, 0) is 0 Å². The minimum Gasteiger partial charge on any atom is -0.504 e. The molecule has 1 saturated heterocycles. The second-order valence-electron chi connectivity index (χ2n) is 9.08. The second kappa shape index (κ2) is 8.42. The summed E-state index contributed by atoms with van der Waals surface area (Å²) in [6.45, 7) is 6.44. The van der Waals surface area contributed by atoms with Gasteiger partial charge in [-0.2, -0.15) is 0 Å². The average molecular weight is 442 g/mol. The zero-order valence-electron chi connectivity index (χ0n) is 19.1. The lowest BCUT2D eigenvalue weighted by atomic mass is 9.74. The van der Waals surface area contributed by atoms with E-state index in [2.05, 4.69) is 41.2 Å². The first kappa shape index (κ1) is 21.3. The Kier molecular flexibility index (Phi) is 5.43. The molecule has 0 atom stereocenters. The topological polar surface area (TPSA) is 79.3 Å². The predicted octanol–water partition coefficient (Wildman–Crippen LogP) is 6.12. The van der Waals surface area contributed by atoms with E-state index in [0.717, 1.165) is 37.2 Å². The summed E-state index contributed by atoms with van der Waals surface area (Å²) < 4.78 is 11.7. The highest BCUT2D eigenvalue weighted by Crippen LogP contribution is 2.42. The number of benzene rings is 2. The van der Waals surface area contributed by atoms with Crippen molar-refractivity contribution in [3.63, 3.8) is 0 Å². The van der Waals surface area contributed by atoms with Gasteiger partial charge in [-0.3, -0.25) is 0 Å². The number of rotatable bonds is 3. The van der Waals surface area contributed by atoms with Crippen molar-refractivity contribution in [1.82, 2.24) is 5.32 Å². The number of piperidine rings is 1. The van der Waals surface area contributed by atoms with Crippen LogP contribution in [0.15, 0.2) is 51.0 Å². The minimum absolute atomic E-state index is 0.0559. The molecule has 0 saturated carbocycles. The van der Waals surface area contributed by atoms with Crippen molar-refractivity contribution in [2.75, 3.05) is 20.2 Å². The Morgan fingerprint density at radius 2 is 1.94 bits per heavy atom. The van der Waals surface area contributed by atoms with E-state index in [0.29, 0.717) is 39.7 Å². The van der Waals surface area contributed by atoms with Crippen molar-refractivity contribution in [2.45, 2.75) is 26.7 Å². The first-order valence-corrected chi connectivity index (χ1v) is 11.3. The van der Waals surface area contributed by atoms with Gasteiger partial charge >= 0.3 is 0 Å². The first-order chi connectivity index (χ1) is 16.0. The van der Waals surface area contributed by atoms with Crippen LogP contribution < -0.4 is 10.1 Å². The van der Waals surface area contributed by atoms with Gasteiger partial charge in [0.15, 0.2) is 17.1 Å². The molecule has 2 aliphatic heterocycles. The SMILES string of the molecule is COc1ccc2c(O)c(C=C3N=Nc4ccccc43)oc2c1C#CC(C)(C)C1CCNCC1. The van der Waals surface area contributed by atoms with Crippen molar-refractivity contribution in [2.24, 2.45) is 21.6 Å². The Hall–Kier alpha value is -3.56. The number of furan rings is 1. The van der Waals surface area contributed by atoms with Crippen LogP contribution >= 0.6 is 0 Å². The molecule has 0 unspecified atom stereocenters. The van der Waals surface area contributed by atoms with Crippen LogP contribution in [-0.4, -0.2) is 25.3 Å². The van der Waals surface area contributed by atoms with E-state index in [-0.39, 0.29) is 11.2 Å². The van der Waals surface area contributed by atoms with Crippen molar-refractivity contribution in [3.8, 4) is 23.3 Å². The fourth-order valence-electron chi connectivity index (χ4n) is 4.57. The molecule has 33 heavy (non-hydrogen) atoms. The highest BCUT2D eigenvalue weighted by molar-refractivity contribution is 5.96. The summed E-state index contributed by atoms with van der Waals surface area (Å²) in [5.41, 5.74) is 3.35. The molecule has 0 bridgehead atoms. The lowest BCUT2D eigenvalue weighted by Crippen LogP contribution is -2.35. The third kappa shape index (κ3) is 3.90. The van der Waals surface area contributed by atoms with E-state index in [1.54, 1.807) is 19.3 Å². The summed E-state index contributed by atoms with van der Waals surface area (Å²) in [7, 11) is 1.62. The van der Waals surface area contributed by atoms with Crippen LogP contribution in [0.2, 0.25) is 0 Å². The zero-order chi connectivity index (χ0) is 23.0. The summed E-state index contributed by atoms with van der Waals surface area (Å²) in [6, 6.07) is 11.3. The van der Waals surface area contributed by atoms with E-state index in [9.17, 15) is 5.11 Å². The Balaban J connectivity index is 1.58. The summed E-state index contributed by atoms with van der Waals surface area (Å²) in [4.78, 5) is 0. The van der Waals surface area contributed by atoms with Crippen LogP contribution in [0.3, 0.4) is 0 Å². The molecule has 2 N–H and O–H groups in total. The molecule has 168 valence electrons. The van der Waals surface area contributed by atoms with Gasteiger partial charge in [-0.05, 0) is 63.9 Å². The maximum Gasteiger partial charge on any atom is 0.172 e. The molecule has 5 rings (SSSR count). The molecular weight excluding hydrogens is 414 g/mol. The van der Waals surface area contributed by atoms with Gasteiger partial charge in [0, 0.05) is 17.1 Å². The number of aromatic hydroxyl groups is 1. The van der Waals surface area contributed by atoms with Gasteiger partial charge in [0.25, 0.3) is 0 Å². The van der Waals surface area contributed by atoms with Crippen LogP contribution in [0.1, 0.15) is 43.6 Å². The number of nitrogens with zero attached hydrogens (tertiary/aromatic N) is 2. The Morgan fingerprint density at radius 3 is 2.73 bits per heavy atom. The number of ether oxygens (including phenoxy) is 1. The number of fused-ring (bicyclic) bond motifs is 2. The van der Waals surface area contributed by atoms with Gasteiger partial charge in [0.1, 0.15) is 11.3 Å². The second-order valence-corrected chi connectivity index (χ2v) is 9.08. The third-order valence-electron chi connectivity index (χ3n) is 6.62. The molecule has 2 aliphatic rings. The van der Waals surface area contributed by atoms with Crippen LogP contribution in [0.5, 0.6) is 11.5 Å². The maximum absolute atomic E-state index is 10.9. The van der Waals surface area contributed by atoms with Crippen LogP contribution in [0.25, 0.3) is 22.7 Å². The number of hydrogen-bond acceptors (Lipinski definition) is 6. The third-order valence-corrected chi connectivity index (χ3v) is 6.62. The molecule has 1 fully saturated rings. The first-order valence-electron chi connectivity index (χ1n) is 11.3. The summed E-state index contributed by atoms with van der Waals surface area (Å²) in [6.07, 6.45) is 3.93. The number of methoxy groups -OCH3 is 1. The van der Waals surface area contributed by atoms with Gasteiger partial charge in [-0.25, -0.2) is 0 Å². The van der Waals surface area contributed by atoms with Gasteiger partial charge in [-0.15, -0.1) is 10.2 Å². The Morgan fingerprint density at radius 1 is 1.15 bits per heavy atom. The average Bonchev–Trinajstić information content (AvgIpc) is 3.39. The molecule has 2 aromatic carbocycles. The monoisotopic (exact) mass is 441 g/mol. The van der Waals surface area contributed by atoms with E-state index < -0.39 is 0 Å². The molecule has 6 nitrogen and oxygen atoms in total. The summed E-state index contributed by atoms with van der Waals surface area (Å²) in [5.74, 6) is 8.33. The fourth-order valence-corrected chi connectivity index (χ4v) is 4.57. The minimum atomic E-state index is -0.150. The molecule has 1 aromatic heterocycles. The quantitative estimate of drug-likeness (QED) is 0.480. The zero-order valence-corrected chi connectivity index (χ0v) is 19.1. The number of nitrogens with one attached hydrogen (secondary N) is 1. The van der Waals surface area contributed by atoms with E-state index >= 15 is 0 Å². The van der Waals surface area contributed by atoms with Gasteiger partial charge < -0.3 is 19.6 Å². The summed E-state index contributed by atoms with van der Waals surface area (Å²) in [5, 5.41) is 23.4. The van der Waals surface area contributed by atoms with Crippen LogP contribution in [0, 0.1) is 23.2 Å². The van der Waals surface area contributed by atoms with E-state index in [4.69, 9.17) is 9.15 Å². The van der Waals surface area contributed by atoms with Crippen molar-refractivity contribution < 1.29 is 14.3 Å². The van der Waals surface area contributed by atoms with E-state index in [1.165, 1.54) is 0 Å². The van der Waals surface area contributed by atoms with Crippen molar-refractivity contribution in [1.29, 1.82) is 0 Å². The largest absolute Gasteiger partial charge is 0.504 e. The highest BCUT2D eigenvalue weighted by atomic mass is 16.5. The van der Waals surface area contributed by atoms with Gasteiger partial charge in [-0.1, -0.05) is 30.0 Å². The molecule has 0 spiro atoms. The molecule has 0 aliphatic carbocycles. The molecule has 3 heterocycles. The normalized spacial score (nSPS) is 17.2. The number of azo groups is 1. The Labute approximate surface area is 193 Å². The predicted molar refractivity (Wildman–Crippen MR) is 130 cm³/mol. The molecular formula is C27H27N3O3. The Bertz CT molecular complexity index is 1330. The fraction of sp³-hybridized carbons (Fsp3) is 0.333. The highest BCUT2D eigenvalue weighted by Gasteiger charge is 2.29. The van der Waals surface area contributed by atoms with Crippen molar-refractivity contribution in [3.05, 3.63) is 53.3 Å². The van der Waals surface area contributed by atoms with Gasteiger partial charge in [0.05, 0.1) is 23.9 Å². The smallest absolute Gasteiger partial charge is 0.172 e. The van der Waals surface area contributed by atoms with Gasteiger partial charge in [0.2, 0.25) is 0 Å². The van der Waals surface area contributed by atoms with Crippen molar-refractivity contribution >= 4 is 28.4 Å². The summed E-state index contributed by atoms with van der Waals surface area (Å²) >= 11 is 0.